The Kier molecular flexibility index (Phi) is 4.84. The second-order valence-electron chi connectivity index (χ2n) is 3.90. The van der Waals surface area contributed by atoms with Crippen LogP contribution < -0.4 is 11.1 Å². The van der Waals surface area contributed by atoms with E-state index in [1.807, 2.05) is 0 Å². The molecule has 1 aliphatic rings. The summed E-state index contributed by atoms with van der Waals surface area (Å²) in [4.78, 5) is 21.3. The molecule has 104 valence electrons. The second kappa shape index (κ2) is 5.96. The normalized spacial score (nSPS) is 35.9. The van der Waals surface area contributed by atoms with E-state index in [1.165, 1.54) is 6.92 Å². The molecule has 1 aliphatic heterocycles. The largest absolute Gasteiger partial charge is 0.447 e. The molecule has 9 nitrogen and oxygen atoms in total. The van der Waals surface area contributed by atoms with Gasteiger partial charge >= 0.3 is 6.09 Å². The highest BCUT2D eigenvalue weighted by Crippen LogP contribution is 2.20. The van der Waals surface area contributed by atoms with Gasteiger partial charge in [0, 0.05) is 6.92 Å². The maximum absolute atomic E-state index is 10.8. The SMILES string of the molecule is CC(=O)N[C@@H]1[C@@H](O)[C@H](O)[C@@H](COC(N)=O)O[C@@H]1O. The Hall–Kier alpha value is -1.42. The van der Waals surface area contributed by atoms with Crippen molar-refractivity contribution in [3.63, 3.8) is 0 Å². The van der Waals surface area contributed by atoms with Crippen molar-refractivity contribution < 1.29 is 34.4 Å². The van der Waals surface area contributed by atoms with Crippen molar-refractivity contribution in [2.24, 2.45) is 5.73 Å². The van der Waals surface area contributed by atoms with Crippen LogP contribution in [0.3, 0.4) is 0 Å². The van der Waals surface area contributed by atoms with Crippen molar-refractivity contribution in [1.29, 1.82) is 0 Å². The molecule has 0 aromatic carbocycles. The first-order chi connectivity index (χ1) is 8.32. The molecule has 2 amide bonds. The fourth-order valence-electron chi connectivity index (χ4n) is 1.64. The van der Waals surface area contributed by atoms with Gasteiger partial charge in [0.05, 0.1) is 0 Å². The van der Waals surface area contributed by atoms with Crippen molar-refractivity contribution in [3.05, 3.63) is 0 Å². The van der Waals surface area contributed by atoms with Crippen molar-refractivity contribution in [3.8, 4) is 0 Å². The van der Waals surface area contributed by atoms with E-state index in [-0.39, 0.29) is 0 Å². The Morgan fingerprint density at radius 3 is 2.44 bits per heavy atom. The number of primary amides is 1. The molecule has 0 saturated carbocycles. The van der Waals surface area contributed by atoms with E-state index in [4.69, 9.17) is 10.5 Å². The highest BCUT2D eigenvalue weighted by Gasteiger charge is 2.44. The summed E-state index contributed by atoms with van der Waals surface area (Å²) in [5, 5.41) is 31.2. The molecular formula is C9H16N2O7. The number of nitrogens with one attached hydrogen (secondary N) is 1. The van der Waals surface area contributed by atoms with Gasteiger partial charge in [0.1, 0.15) is 31.0 Å². The number of carbonyl (C=O) groups excluding carboxylic acids is 2. The maximum atomic E-state index is 10.8. The summed E-state index contributed by atoms with van der Waals surface area (Å²) in [6.45, 7) is 0.769. The van der Waals surface area contributed by atoms with E-state index >= 15 is 0 Å². The van der Waals surface area contributed by atoms with E-state index in [1.54, 1.807) is 0 Å². The minimum atomic E-state index is -1.53. The number of amides is 2. The van der Waals surface area contributed by atoms with E-state index in [0.29, 0.717) is 0 Å². The summed E-state index contributed by atoms with van der Waals surface area (Å²) in [7, 11) is 0. The molecule has 0 spiro atoms. The number of carbonyl (C=O) groups is 2. The van der Waals surface area contributed by atoms with Crippen LogP contribution in [0, 0.1) is 0 Å². The van der Waals surface area contributed by atoms with Gasteiger partial charge in [-0.15, -0.1) is 0 Å². The van der Waals surface area contributed by atoms with Gasteiger partial charge < -0.3 is 35.8 Å². The lowest BCUT2D eigenvalue weighted by atomic mass is 9.97. The lowest BCUT2D eigenvalue weighted by molar-refractivity contribution is -0.253. The molecule has 0 unspecified atom stereocenters. The van der Waals surface area contributed by atoms with Crippen LogP contribution in [0.15, 0.2) is 0 Å². The molecule has 0 radical (unpaired) electrons. The van der Waals surface area contributed by atoms with E-state index < -0.39 is 49.3 Å². The minimum Gasteiger partial charge on any atom is -0.447 e. The van der Waals surface area contributed by atoms with Crippen LogP contribution in [0.2, 0.25) is 0 Å². The molecule has 18 heavy (non-hydrogen) atoms. The molecule has 0 aliphatic carbocycles. The molecule has 9 heteroatoms. The van der Waals surface area contributed by atoms with Crippen LogP contribution in [0.1, 0.15) is 6.92 Å². The molecule has 1 saturated heterocycles. The Morgan fingerprint density at radius 1 is 1.33 bits per heavy atom. The van der Waals surface area contributed by atoms with Crippen molar-refractivity contribution in [1.82, 2.24) is 5.32 Å². The van der Waals surface area contributed by atoms with Crippen molar-refractivity contribution in [2.75, 3.05) is 6.61 Å². The fraction of sp³-hybridized carbons (Fsp3) is 0.778. The van der Waals surface area contributed by atoms with Gasteiger partial charge in [-0.25, -0.2) is 4.79 Å². The van der Waals surface area contributed by atoms with Crippen molar-refractivity contribution in [2.45, 2.75) is 37.6 Å². The Morgan fingerprint density at radius 2 is 1.94 bits per heavy atom. The highest BCUT2D eigenvalue weighted by atomic mass is 16.6. The number of rotatable bonds is 3. The molecular weight excluding hydrogens is 248 g/mol. The molecule has 6 N–H and O–H groups in total. The van der Waals surface area contributed by atoms with Crippen LogP contribution in [-0.2, 0) is 14.3 Å². The summed E-state index contributed by atoms with van der Waals surface area (Å²) in [6, 6.07) is -1.16. The molecule has 0 aromatic rings. The first-order valence-electron chi connectivity index (χ1n) is 5.22. The zero-order chi connectivity index (χ0) is 13.9. The highest BCUT2D eigenvalue weighted by molar-refractivity contribution is 5.73. The zero-order valence-electron chi connectivity index (χ0n) is 9.65. The lowest BCUT2D eigenvalue weighted by Crippen LogP contribution is -2.64. The summed E-state index contributed by atoms with van der Waals surface area (Å²) in [6.07, 6.45) is -6.64. The van der Waals surface area contributed by atoms with Gasteiger partial charge in [0.15, 0.2) is 6.29 Å². The standard InChI is InChI=1S/C9H16N2O7/c1-3(12)11-5-7(14)6(13)4(18-8(5)15)2-17-9(10)16/h4-8,13-15H,2H2,1H3,(H2,10,16)(H,11,12)/t4-,5-,6-,7-,8+/m1/s1. The third kappa shape index (κ3) is 3.53. The molecule has 1 rings (SSSR count). The predicted molar refractivity (Wildman–Crippen MR) is 56.0 cm³/mol. The first-order valence-corrected chi connectivity index (χ1v) is 5.22. The van der Waals surface area contributed by atoms with Crippen LogP contribution in [0.5, 0.6) is 0 Å². The Bertz CT molecular complexity index is 322. The number of ether oxygens (including phenoxy) is 2. The van der Waals surface area contributed by atoms with Gasteiger partial charge in [0.25, 0.3) is 0 Å². The van der Waals surface area contributed by atoms with Gasteiger partial charge in [-0.1, -0.05) is 0 Å². The molecule has 0 bridgehead atoms. The van der Waals surface area contributed by atoms with Crippen LogP contribution in [0.25, 0.3) is 0 Å². The quantitative estimate of drug-likeness (QED) is 0.365. The van der Waals surface area contributed by atoms with Crippen molar-refractivity contribution >= 4 is 12.0 Å². The van der Waals surface area contributed by atoms with Crippen LogP contribution >= 0.6 is 0 Å². The van der Waals surface area contributed by atoms with Gasteiger partial charge in [-0.05, 0) is 0 Å². The first kappa shape index (κ1) is 14.6. The second-order valence-corrected chi connectivity index (χ2v) is 3.90. The monoisotopic (exact) mass is 264 g/mol. The third-order valence-electron chi connectivity index (χ3n) is 2.48. The molecule has 0 aromatic heterocycles. The minimum absolute atomic E-state index is 0.419. The van der Waals surface area contributed by atoms with Crippen LogP contribution in [0.4, 0.5) is 4.79 Å². The Balaban J connectivity index is 2.64. The molecule has 5 atom stereocenters. The smallest absolute Gasteiger partial charge is 0.404 e. The van der Waals surface area contributed by atoms with Gasteiger partial charge in [-0.3, -0.25) is 4.79 Å². The number of hydrogen-bond acceptors (Lipinski definition) is 7. The van der Waals surface area contributed by atoms with Crippen LogP contribution in [-0.4, -0.2) is 64.6 Å². The summed E-state index contributed by atoms with van der Waals surface area (Å²) < 4.78 is 9.34. The van der Waals surface area contributed by atoms with E-state index in [2.05, 4.69) is 10.1 Å². The topological polar surface area (TPSA) is 151 Å². The zero-order valence-corrected chi connectivity index (χ0v) is 9.65. The van der Waals surface area contributed by atoms with Gasteiger partial charge in [0.2, 0.25) is 5.91 Å². The average Bonchev–Trinajstić information content (AvgIpc) is 2.27. The third-order valence-corrected chi connectivity index (χ3v) is 2.48. The number of aliphatic hydroxyl groups excluding tert-OH is 3. The van der Waals surface area contributed by atoms with E-state index in [9.17, 15) is 24.9 Å². The molecule has 1 fully saturated rings. The predicted octanol–water partition coefficient (Wildman–Crippen LogP) is -2.97. The average molecular weight is 264 g/mol. The summed E-state index contributed by atoms with van der Waals surface area (Å²) >= 11 is 0. The number of hydrogen-bond donors (Lipinski definition) is 5. The lowest BCUT2D eigenvalue weighted by Gasteiger charge is -2.40. The van der Waals surface area contributed by atoms with Gasteiger partial charge in [-0.2, -0.15) is 0 Å². The summed E-state index contributed by atoms with van der Waals surface area (Å²) in [5.74, 6) is -0.499. The Labute approximate surface area is 102 Å². The molecule has 1 heterocycles. The maximum Gasteiger partial charge on any atom is 0.404 e. The fourth-order valence-corrected chi connectivity index (χ4v) is 1.64. The number of aliphatic hydroxyl groups is 3. The van der Waals surface area contributed by atoms with E-state index in [0.717, 1.165) is 0 Å². The summed E-state index contributed by atoms with van der Waals surface area (Å²) in [5.41, 5.74) is 4.74. The number of nitrogens with two attached hydrogens (primary N) is 1.